The molecule has 0 fully saturated rings. The molecule has 0 saturated carbocycles. The van der Waals surface area contributed by atoms with Crippen LogP contribution in [0.5, 0.6) is 0 Å². The second kappa shape index (κ2) is 7.59. The lowest BCUT2D eigenvalue weighted by molar-refractivity contribution is -0.120. The minimum atomic E-state index is -0.650. The third kappa shape index (κ3) is 4.97. The molecule has 0 aliphatic heterocycles. The highest BCUT2D eigenvalue weighted by Crippen LogP contribution is 2.05. The monoisotopic (exact) mass is 282 g/mol. The minimum absolute atomic E-state index is 0.0308. The molecular formula is C14H19FN2O3. The van der Waals surface area contributed by atoms with E-state index < -0.39 is 23.7 Å². The lowest BCUT2D eigenvalue weighted by Gasteiger charge is -2.15. The van der Waals surface area contributed by atoms with Gasteiger partial charge in [0.25, 0.3) is 5.91 Å². The van der Waals surface area contributed by atoms with Crippen LogP contribution in [-0.2, 0) is 4.79 Å². The van der Waals surface area contributed by atoms with E-state index in [0.29, 0.717) is 0 Å². The van der Waals surface area contributed by atoms with Gasteiger partial charge in [0.15, 0.2) is 0 Å². The molecule has 2 amide bonds. The normalized spacial score (nSPS) is 12.1. The molecule has 1 aromatic rings. The van der Waals surface area contributed by atoms with Crippen LogP contribution in [0.3, 0.4) is 0 Å². The lowest BCUT2D eigenvalue weighted by atomic mass is 10.1. The number of halogens is 1. The SMILES string of the molecule is CC(C)C(O)CNC(=O)CNC(=O)c1ccccc1F. The number of amides is 2. The summed E-state index contributed by atoms with van der Waals surface area (Å²) < 4.78 is 13.3. The summed E-state index contributed by atoms with van der Waals surface area (Å²) in [5, 5.41) is 14.3. The fourth-order valence-electron chi connectivity index (χ4n) is 1.42. The zero-order valence-corrected chi connectivity index (χ0v) is 11.5. The molecule has 1 unspecified atom stereocenters. The molecule has 0 aliphatic rings. The Kier molecular flexibility index (Phi) is 6.11. The highest BCUT2D eigenvalue weighted by molar-refractivity contribution is 5.96. The molecule has 0 radical (unpaired) electrons. The maximum atomic E-state index is 13.3. The topological polar surface area (TPSA) is 78.4 Å². The van der Waals surface area contributed by atoms with Gasteiger partial charge in [-0.25, -0.2) is 4.39 Å². The zero-order chi connectivity index (χ0) is 15.1. The molecule has 0 spiro atoms. The van der Waals surface area contributed by atoms with E-state index in [1.165, 1.54) is 24.3 Å². The predicted octanol–water partition coefficient (Wildman–Crippen LogP) is 0.689. The van der Waals surface area contributed by atoms with Crippen LogP contribution in [0.2, 0.25) is 0 Å². The number of benzene rings is 1. The van der Waals surface area contributed by atoms with E-state index in [0.717, 1.165) is 0 Å². The molecule has 1 atom stereocenters. The molecule has 5 nitrogen and oxygen atoms in total. The van der Waals surface area contributed by atoms with Crippen LogP contribution in [-0.4, -0.2) is 36.1 Å². The number of aliphatic hydroxyl groups is 1. The molecule has 0 saturated heterocycles. The third-order valence-corrected chi connectivity index (χ3v) is 2.81. The van der Waals surface area contributed by atoms with Crippen LogP contribution < -0.4 is 10.6 Å². The van der Waals surface area contributed by atoms with Crippen molar-refractivity contribution in [3.63, 3.8) is 0 Å². The Labute approximate surface area is 117 Å². The van der Waals surface area contributed by atoms with Gasteiger partial charge in [0, 0.05) is 6.54 Å². The van der Waals surface area contributed by atoms with E-state index in [1.807, 2.05) is 13.8 Å². The average molecular weight is 282 g/mol. The summed E-state index contributed by atoms with van der Waals surface area (Å²) in [7, 11) is 0. The Balaban J connectivity index is 2.38. The third-order valence-electron chi connectivity index (χ3n) is 2.81. The maximum absolute atomic E-state index is 13.3. The summed E-state index contributed by atoms with van der Waals surface area (Å²) >= 11 is 0. The number of aliphatic hydroxyl groups excluding tert-OH is 1. The lowest BCUT2D eigenvalue weighted by Crippen LogP contribution is -2.41. The van der Waals surface area contributed by atoms with Crippen LogP contribution in [0.1, 0.15) is 24.2 Å². The number of nitrogens with one attached hydrogen (secondary N) is 2. The zero-order valence-electron chi connectivity index (χ0n) is 11.5. The molecule has 1 rings (SSSR count). The van der Waals surface area contributed by atoms with Crippen LogP contribution in [0.4, 0.5) is 4.39 Å². The van der Waals surface area contributed by atoms with Crippen molar-refractivity contribution in [2.24, 2.45) is 5.92 Å². The Morgan fingerprint density at radius 1 is 1.25 bits per heavy atom. The second-order valence-corrected chi connectivity index (χ2v) is 4.78. The van der Waals surface area contributed by atoms with Crippen molar-refractivity contribution in [1.29, 1.82) is 0 Å². The van der Waals surface area contributed by atoms with Gasteiger partial charge in [-0.1, -0.05) is 26.0 Å². The highest BCUT2D eigenvalue weighted by atomic mass is 19.1. The smallest absolute Gasteiger partial charge is 0.254 e. The fraction of sp³-hybridized carbons (Fsp3) is 0.429. The van der Waals surface area contributed by atoms with Crippen LogP contribution in [0, 0.1) is 11.7 Å². The molecule has 0 heterocycles. The molecular weight excluding hydrogens is 263 g/mol. The van der Waals surface area contributed by atoms with Crippen molar-refractivity contribution in [2.75, 3.05) is 13.1 Å². The quantitative estimate of drug-likeness (QED) is 0.718. The minimum Gasteiger partial charge on any atom is -0.391 e. The average Bonchev–Trinajstić information content (AvgIpc) is 2.42. The first-order valence-corrected chi connectivity index (χ1v) is 6.39. The van der Waals surface area contributed by atoms with Gasteiger partial charge >= 0.3 is 0 Å². The molecule has 6 heteroatoms. The van der Waals surface area contributed by atoms with Crippen LogP contribution in [0.25, 0.3) is 0 Å². The second-order valence-electron chi connectivity index (χ2n) is 4.78. The van der Waals surface area contributed by atoms with Gasteiger partial charge in [0.1, 0.15) is 5.82 Å². The summed E-state index contributed by atoms with van der Waals surface area (Å²) in [5.41, 5.74) is -0.109. The van der Waals surface area contributed by atoms with Gasteiger partial charge in [-0.2, -0.15) is 0 Å². The number of hydrogen-bond donors (Lipinski definition) is 3. The number of rotatable bonds is 6. The van der Waals surface area contributed by atoms with Crippen LogP contribution >= 0.6 is 0 Å². The largest absolute Gasteiger partial charge is 0.391 e. The van der Waals surface area contributed by atoms with Gasteiger partial charge < -0.3 is 15.7 Å². The predicted molar refractivity (Wildman–Crippen MR) is 72.6 cm³/mol. The molecule has 0 aromatic heterocycles. The van der Waals surface area contributed by atoms with Gasteiger partial charge in [0.05, 0.1) is 18.2 Å². The van der Waals surface area contributed by atoms with Crippen molar-refractivity contribution >= 4 is 11.8 Å². The molecule has 110 valence electrons. The summed E-state index contributed by atoms with van der Waals surface area (Å²) in [6.07, 6.45) is -0.638. The first-order chi connectivity index (χ1) is 9.41. The Hall–Kier alpha value is -1.95. The van der Waals surface area contributed by atoms with E-state index >= 15 is 0 Å². The summed E-state index contributed by atoms with van der Waals surface area (Å²) in [6, 6.07) is 5.53. The van der Waals surface area contributed by atoms with Crippen molar-refractivity contribution in [3.05, 3.63) is 35.6 Å². The van der Waals surface area contributed by atoms with E-state index in [9.17, 15) is 19.1 Å². The fourth-order valence-corrected chi connectivity index (χ4v) is 1.42. The van der Waals surface area contributed by atoms with E-state index in [2.05, 4.69) is 10.6 Å². The Bertz CT molecular complexity index is 477. The molecule has 0 aliphatic carbocycles. The van der Waals surface area contributed by atoms with Gasteiger partial charge in [-0.05, 0) is 18.1 Å². The molecule has 0 bridgehead atoms. The first kappa shape index (κ1) is 16.1. The highest BCUT2D eigenvalue weighted by Gasteiger charge is 2.13. The van der Waals surface area contributed by atoms with Crippen molar-refractivity contribution in [2.45, 2.75) is 20.0 Å². The number of carbonyl (C=O) groups excluding carboxylic acids is 2. The Morgan fingerprint density at radius 2 is 1.90 bits per heavy atom. The summed E-state index contributed by atoms with van der Waals surface area (Å²) in [5.74, 6) is -1.69. The number of hydrogen-bond acceptors (Lipinski definition) is 3. The standard InChI is InChI=1S/C14H19FN2O3/c1-9(2)12(18)7-16-13(19)8-17-14(20)10-5-3-4-6-11(10)15/h3-6,9,12,18H,7-8H2,1-2H3,(H,16,19)(H,17,20). The van der Waals surface area contributed by atoms with Crippen LogP contribution in [0.15, 0.2) is 24.3 Å². The Morgan fingerprint density at radius 3 is 2.50 bits per heavy atom. The maximum Gasteiger partial charge on any atom is 0.254 e. The van der Waals surface area contributed by atoms with Gasteiger partial charge in [-0.15, -0.1) is 0 Å². The molecule has 20 heavy (non-hydrogen) atoms. The molecule has 3 N–H and O–H groups in total. The van der Waals surface area contributed by atoms with Gasteiger partial charge in [0.2, 0.25) is 5.91 Å². The summed E-state index contributed by atoms with van der Waals surface area (Å²) in [4.78, 5) is 23.1. The van der Waals surface area contributed by atoms with E-state index in [-0.39, 0.29) is 24.6 Å². The first-order valence-electron chi connectivity index (χ1n) is 6.39. The number of carbonyl (C=O) groups is 2. The van der Waals surface area contributed by atoms with Crippen molar-refractivity contribution < 1.29 is 19.1 Å². The van der Waals surface area contributed by atoms with E-state index in [4.69, 9.17) is 0 Å². The summed E-state index contributed by atoms with van der Waals surface area (Å²) in [6.45, 7) is 3.51. The molecule has 1 aromatic carbocycles. The van der Waals surface area contributed by atoms with E-state index in [1.54, 1.807) is 0 Å². The van der Waals surface area contributed by atoms with Gasteiger partial charge in [-0.3, -0.25) is 9.59 Å². The van der Waals surface area contributed by atoms with Crippen molar-refractivity contribution in [3.8, 4) is 0 Å². The van der Waals surface area contributed by atoms with Crippen molar-refractivity contribution in [1.82, 2.24) is 10.6 Å².